The number of aromatic nitrogens is 8. The maximum absolute atomic E-state index is 12.6. The fourth-order valence-corrected chi connectivity index (χ4v) is 14.8. The van der Waals surface area contributed by atoms with Crippen LogP contribution in [-0.4, -0.2) is 63.0 Å². The van der Waals surface area contributed by atoms with Crippen LogP contribution in [0.1, 0.15) is 63.8 Å². The van der Waals surface area contributed by atoms with E-state index in [1.165, 1.54) is 0 Å². The predicted molar refractivity (Wildman–Crippen MR) is 504 cm³/mol. The minimum Gasteiger partial charge on any atom is -0.305 e. The van der Waals surface area contributed by atoms with Gasteiger partial charge in [-0.3, -0.25) is 24.2 Å². The number of nitrogens with zero attached hydrogens (tertiary/aromatic N) is 8. The van der Waals surface area contributed by atoms with Gasteiger partial charge in [-0.25, -0.2) is 0 Å². The van der Waals surface area contributed by atoms with Crippen LogP contribution >= 0.6 is 0 Å². The van der Waals surface area contributed by atoms with E-state index in [0.29, 0.717) is 22.5 Å². The minimum absolute atomic E-state index is 0. The number of ketones is 4. The van der Waals surface area contributed by atoms with Crippen molar-refractivity contribution in [1.82, 2.24) is 39.9 Å². The van der Waals surface area contributed by atoms with E-state index in [1.54, 1.807) is 43.4 Å². The molecule has 0 saturated carbocycles. The summed E-state index contributed by atoms with van der Waals surface area (Å²) in [7, 11) is 0. The van der Waals surface area contributed by atoms with Crippen LogP contribution in [-0.2, 0) is 80.4 Å². The van der Waals surface area contributed by atoms with Gasteiger partial charge in [-0.2, -0.15) is 0 Å². The molecule has 12 aromatic carbocycles. The maximum Gasteiger partial charge on any atom is 0.211 e. The molecule has 4 aliphatic rings. The number of rotatable bonds is 8. The summed E-state index contributed by atoms with van der Waals surface area (Å²) in [5.74, 6) is 0.200. The number of pyridine rings is 8. The van der Waals surface area contributed by atoms with Crippen LogP contribution < -0.4 is 0 Å². The Labute approximate surface area is 820 Å². The summed E-state index contributed by atoms with van der Waals surface area (Å²) in [6.07, 6.45) is 12.4. The Hall–Kier alpha value is -14.9. The Bertz CT molecular complexity index is 6620. The number of hydrogen-bond donors (Lipinski definition) is 0. The van der Waals surface area contributed by atoms with Gasteiger partial charge in [0.25, 0.3) is 0 Å². The van der Waals surface area contributed by atoms with Crippen LogP contribution in [0.3, 0.4) is 0 Å². The molecule has 8 heterocycles. The second-order valence-electron chi connectivity index (χ2n) is 29.0. The second-order valence-corrected chi connectivity index (χ2v) is 29.0. The molecule has 12 nitrogen and oxygen atoms in total. The van der Waals surface area contributed by atoms with Gasteiger partial charge in [0.1, 0.15) is 5.69 Å². The van der Waals surface area contributed by atoms with Crippen molar-refractivity contribution in [2.45, 2.75) is 0 Å². The first-order valence-electron chi connectivity index (χ1n) is 41.2. The molecule has 0 fully saturated rings. The standard InChI is InChI=1S/4C18H10NO.4C11H8N.4Ir/c20-18-14-9-5-4-8-13(14)16-11-19-17(10-15(16)18)12-6-2-1-3-7-12;20-18-14-9-5-4-8-13(14)15-10-17(19-11-16(15)18)12-6-2-1-3-7-12;20-18-15-9-5-4-8-13(15)14-10-11-19-17(16(14)18)12-6-2-1-3-7-12;20-18-15-9-5-4-8-13(15)14-10-11-16(19-17(14)18)12-6-2-1-3-7-12;4*1-2-6-10(7-3-1)11-8-4-5-9-12-11;;;;/h4*1-6,8-11H;4*1-6,8-9H;;;;/q8*-1;;;;. The van der Waals surface area contributed by atoms with Gasteiger partial charge < -0.3 is 34.9 Å². The SMILES string of the molecule is O=C1c2ccccc2-c2cc(-c3[c-]cccc3)ncc21.O=C1c2ccccc2-c2ccc(-c3[c-]cccc3)nc21.O=C1c2ccccc2-c2ccnc(-c3[c-]cccc3)c21.O=C1c2ccccc2-c2cnc(-c3[c-]cccc3)cc21.[Ir].[Ir].[Ir].[Ir].[c-]1ccccc1-c1ccccn1.[c-]1ccccc1-c1ccccn1.[c-]1ccccc1-c1ccccn1.[c-]1ccccc1-c1ccccn1. The molecule has 16 heteroatoms. The second kappa shape index (κ2) is 46.9. The van der Waals surface area contributed by atoms with E-state index >= 15 is 0 Å². The van der Waals surface area contributed by atoms with Crippen LogP contribution in [0.5, 0.6) is 0 Å². The molecule has 0 unspecified atom stereocenters. The molecule has 0 spiro atoms. The molecule has 4 radical (unpaired) electrons. The average Bonchev–Trinajstić information content (AvgIpc) is 1.60. The van der Waals surface area contributed by atoms with E-state index in [1.807, 2.05) is 394 Å². The average molecular weight is 2410 g/mol. The Kier molecular flexibility index (Phi) is 33.7. The van der Waals surface area contributed by atoms with E-state index < -0.39 is 0 Å². The summed E-state index contributed by atoms with van der Waals surface area (Å²) < 4.78 is 0. The molecule has 8 aromatic heterocycles. The fraction of sp³-hybridized carbons (Fsp3) is 0. The zero-order valence-corrected chi connectivity index (χ0v) is 79.7. The van der Waals surface area contributed by atoms with Crippen molar-refractivity contribution in [3.8, 4) is 135 Å². The quantitative estimate of drug-likeness (QED) is 0.132. The van der Waals surface area contributed by atoms with Crippen molar-refractivity contribution in [3.63, 3.8) is 0 Å². The Balaban J connectivity index is 0.000000129. The first-order chi connectivity index (χ1) is 63.3. The predicted octanol–water partition coefficient (Wildman–Crippen LogP) is 25.2. The molecular formula is C116H72Ir4N8O4-8. The van der Waals surface area contributed by atoms with Crippen LogP contribution in [0.25, 0.3) is 135 Å². The third-order valence-corrected chi connectivity index (χ3v) is 21.0. The molecule has 0 amide bonds. The van der Waals surface area contributed by atoms with Crippen molar-refractivity contribution < 1.29 is 99.6 Å². The van der Waals surface area contributed by atoms with Crippen molar-refractivity contribution in [2.24, 2.45) is 0 Å². The molecule has 644 valence electrons. The maximum atomic E-state index is 12.6. The van der Waals surface area contributed by atoms with Crippen LogP contribution in [0.15, 0.2) is 438 Å². The van der Waals surface area contributed by atoms with Crippen LogP contribution in [0.4, 0.5) is 0 Å². The van der Waals surface area contributed by atoms with Crippen molar-refractivity contribution in [2.75, 3.05) is 0 Å². The molecule has 132 heavy (non-hydrogen) atoms. The number of hydrogen-bond acceptors (Lipinski definition) is 12. The number of carbonyl (C=O) groups is 4. The van der Waals surface area contributed by atoms with Gasteiger partial charge in [0.2, 0.25) is 5.78 Å². The Morgan fingerprint density at radius 3 is 0.818 bits per heavy atom. The van der Waals surface area contributed by atoms with Crippen molar-refractivity contribution in [3.05, 3.63) is 531 Å². The van der Waals surface area contributed by atoms with Gasteiger partial charge in [-0.05, 0) is 109 Å². The smallest absolute Gasteiger partial charge is 0.211 e. The fourth-order valence-electron chi connectivity index (χ4n) is 14.8. The topological polar surface area (TPSA) is 171 Å². The normalized spacial score (nSPS) is 10.8. The first kappa shape index (κ1) is 94.7. The van der Waals surface area contributed by atoms with E-state index in [2.05, 4.69) is 88.4 Å². The summed E-state index contributed by atoms with van der Waals surface area (Å²) in [4.78, 5) is 84.4. The van der Waals surface area contributed by atoms with Gasteiger partial charge in [-0.1, -0.05) is 170 Å². The first-order valence-corrected chi connectivity index (χ1v) is 41.2. The Morgan fingerprint density at radius 1 is 0.167 bits per heavy atom. The molecular weight excluding hydrogens is 2340 g/mol. The number of benzene rings is 12. The molecule has 0 atom stereocenters. The zero-order valence-electron chi connectivity index (χ0n) is 70.1. The molecule has 24 rings (SSSR count). The Morgan fingerprint density at radius 2 is 0.455 bits per heavy atom. The largest absolute Gasteiger partial charge is 0.305 e. The van der Waals surface area contributed by atoms with Gasteiger partial charge in [0.05, 0.1) is 0 Å². The van der Waals surface area contributed by atoms with E-state index in [0.717, 1.165) is 157 Å². The van der Waals surface area contributed by atoms with Gasteiger partial charge in [-0.15, -0.1) is 287 Å². The van der Waals surface area contributed by atoms with E-state index in [4.69, 9.17) is 0 Å². The monoisotopic (exact) mass is 2410 g/mol. The van der Waals surface area contributed by atoms with E-state index in [-0.39, 0.29) is 104 Å². The molecule has 20 aromatic rings. The van der Waals surface area contributed by atoms with Gasteiger partial charge in [0, 0.05) is 174 Å². The number of fused-ring (bicyclic) bond motifs is 12. The third-order valence-electron chi connectivity index (χ3n) is 21.0. The third kappa shape index (κ3) is 22.5. The molecule has 4 aliphatic carbocycles. The van der Waals surface area contributed by atoms with Gasteiger partial charge in [0.15, 0.2) is 17.3 Å². The van der Waals surface area contributed by atoms with Crippen molar-refractivity contribution >= 4 is 23.1 Å². The summed E-state index contributed by atoms with van der Waals surface area (Å²) >= 11 is 0. The number of carbonyl (C=O) groups excluding carboxylic acids is 4. The summed E-state index contributed by atoms with van der Waals surface area (Å²) in [5, 5.41) is 0. The molecule has 0 aliphatic heterocycles. The molecule has 0 saturated heterocycles. The van der Waals surface area contributed by atoms with Crippen LogP contribution in [0.2, 0.25) is 0 Å². The summed E-state index contributed by atoms with van der Waals surface area (Å²) in [5.41, 5.74) is 28.1. The van der Waals surface area contributed by atoms with Crippen LogP contribution in [0, 0.1) is 48.5 Å². The molecule has 0 N–H and O–H groups in total. The van der Waals surface area contributed by atoms with Crippen molar-refractivity contribution in [1.29, 1.82) is 0 Å². The summed E-state index contributed by atoms with van der Waals surface area (Å²) in [6, 6.07) is 151. The molecule has 0 bridgehead atoms. The summed E-state index contributed by atoms with van der Waals surface area (Å²) in [6.45, 7) is 0. The van der Waals surface area contributed by atoms with Gasteiger partial charge >= 0.3 is 0 Å². The zero-order chi connectivity index (χ0) is 87.0. The minimum atomic E-state index is 0. The van der Waals surface area contributed by atoms with E-state index in [9.17, 15) is 19.2 Å².